The van der Waals surface area contributed by atoms with E-state index >= 15 is 0 Å². The van der Waals surface area contributed by atoms with Crippen molar-refractivity contribution in [3.8, 4) is 0 Å². The molecule has 0 unspecified atom stereocenters. The number of hydrogen-bond donors (Lipinski definition) is 0. The van der Waals surface area contributed by atoms with Gasteiger partial charge >= 0.3 is 0 Å². The summed E-state index contributed by atoms with van der Waals surface area (Å²) in [5, 5.41) is 0.777. The summed E-state index contributed by atoms with van der Waals surface area (Å²) in [7, 11) is 0. The van der Waals surface area contributed by atoms with E-state index in [4.69, 9.17) is 11.6 Å². The Bertz CT molecular complexity index is 342. The monoisotopic (exact) mass is 196 g/mol. The zero-order valence-corrected chi connectivity index (χ0v) is 8.90. The Labute approximate surface area is 83.7 Å². The second-order valence-corrected chi connectivity index (χ2v) is 3.74. The van der Waals surface area contributed by atoms with Gasteiger partial charge in [-0.2, -0.15) is 0 Å². The van der Waals surface area contributed by atoms with Crippen molar-refractivity contribution in [2.24, 2.45) is 0 Å². The number of rotatable bonds is 2. The van der Waals surface area contributed by atoms with Crippen molar-refractivity contribution >= 4 is 17.4 Å². The molecule has 0 aromatic heterocycles. The highest BCUT2D eigenvalue weighted by molar-refractivity contribution is 6.32. The van der Waals surface area contributed by atoms with Crippen LogP contribution in [-0.2, 0) is 11.2 Å². The predicted octanol–water partition coefficient (Wildman–Crippen LogP) is 3.09. The van der Waals surface area contributed by atoms with E-state index in [1.54, 1.807) is 6.92 Å². The van der Waals surface area contributed by atoms with E-state index in [0.29, 0.717) is 6.42 Å². The zero-order chi connectivity index (χ0) is 10.0. The molecular weight excluding hydrogens is 184 g/mol. The van der Waals surface area contributed by atoms with E-state index in [1.165, 1.54) is 0 Å². The van der Waals surface area contributed by atoms with Crippen LogP contribution in [0.4, 0.5) is 0 Å². The highest BCUT2D eigenvalue weighted by Gasteiger charge is 2.06. The van der Waals surface area contributed by atoms with Crippen LogP contribution < -0.4 is 0 Å². The van der Waals surface area contributed by atoms with Crippen LogP contribution in [0.2, 0.25) is 5.02 Å². The normalized spacial score (nSPS) is 10.2. The van der Waals surface area contributed by atoms with Gasteiger partial charge in [0.05, 0.1) is 0 Å². The van der Waals surface area contributed by atoms with Crippen molar-refractivity contribution in [2.45, 2.75) is 27.2 Å². The van der Waals surface area contributed by atoms with Gasteiger partial charge in [-0.25, -0.2) is 0 Å². The molecule has 0 atom stereocenters. The van der Waals surface area contributed by atoms with Crippen LogP contribution in [0.1, 0.15) is 23.6 Å². The van der Waals surface area contributed by atoms with E-state index in [-0.39, 0.29) is 5.78 Å². The summed E-state index contributed by atoms with van der Waals surface area (Å²) in [5.41, 5.74) is 3.12. The molecule has 2 heteroatoms. The van der Waals surface area contributed by atoms with Gasteiger partial charge in [-0.1, -0.05) is 23.7 Å². The number of halogens is 1. The average Bonchev–Trinajstić information content (AvgIpc) is 2.06. The molecule has 0 spiro atoms. The van der Waals surface area contributed by atoms with E-state index in [2.05, 4.69) is 0 Å². The first-order valence-electron chi connectivity index (χ1n) is 4.26. The third-order valence-electron chi connectivity index (χ3n) is 2.13. The Morgan fingerprint density at radius 3 is 2.54 bits per heavy atom. The van der Waals surface area contributed by atoms with Crippen molar-refractivity contribution in [3.63, 3.8) is 0 Å². The molecule has 13 heavy (non-hydrogen) atoms. The summed E-state index contributed by atoms with van der Waals surface area (Å²) in [6.45, 7) is 5.51. The predicted molar refractivity (Wildman–Crippen MR) is 55.3 cm³/mol. The Morgan fingerprint density at radius 1 is 1.38 bits per heavy atom. The maximum atomic E-state index is 10.9. The highest BCUT2D eigenvalue weighted by atomic mass is 35.5. The molecular formula is C11H13ClO. The highest BCUT2D eigenvalue weighted by Crippen LogP contribution is 2.23. The van der Waals surface area contributed by atoms with Crippen LogP contribution in [-0.4, -0.2) is 5.78 Å². The van der Waals surface area contributed by atoms with Gasteiger partial charge in [0.2, 0.25) is 0 Å². The fraction of sp³-hybridized carbons (Fsp3) is 0.364. The van der Waals surface area contributed by atoms with Gasteiger partial charge in [0, 0.05) is 11.4 Å². The summed E-state index contributed by atoms with van der Waals surface area (Å²) in [6, 6.07) is 3.92. The number of benzene rings is 1. The van der Waals surface area contributed by atoms with Crippen LogP contribution in [0.25, 0.3) is 0 Å². The smallest absolute Gasteiger partial charge is 0.134 e. The van der Waals surface area contributed by atoms with Crippen LogP contribution in [0.3, 0.4) is 0 Å². The fourth-order valence-electron chi connectivity index (χ4n) is 1.32. The lowest BCUT2D eigenvalue weighted by Crippen LogP contribution is -1.99. The number of carbonyl (C=O) groups is 1. The van der Waals surface area contributed by atoms with Crippen molar-refractivity contribution in [1.82, 2.24) is 0 Å². The summed E-state index contributed by atoms with van der Waals surface area (Å²) in [5.74, 6) is 0.169. The van der Waals surface area contributed by atoms with Gasteiger partial charge < -0.3 is 0 Å². The largest absolute Gasteiger partial charge is 0.300 e. The molecule has 1 nitrogen and oxygen atoms in total. The second-order valence-electron chi connectivity index (χ2n) is 3.36. The van der Waals surface area contributed by atoms with Gasteiger partial charge in [-0.05, 0) is 37.5 Å². The molecule has 0 aliphatic heterocycles. The maximum absolute atomic E-state index is 10.9. The molecule has 0 aliphatic rings. The lowest BCUT2D eigenvalue weighted by atomic mass is 10.0. The number of Topliss-reactive ketones (excluding diaryl/α,β-unsaturated/α-hetero) is 1. The topological polar surface area (TPSA) is 17.1 Å². The fourth-order valence-corrected chi connectivity index (χ4v) is 1.50. The molecule has 1 aromatic rings. The standard InChI is InChI=1S/C11H13ClO/c1-7-4-5-10(6-8(2)13)9(3)11(7)12/h4-5H,6H2,1-3H3. The first kappa shape index (κ1) is 10.3. The summed E-state index contributed by atoms with van der Waals surface area (Å²) < 4.78 is 0. The average molecular weight is 197 g/mol. The molecule has 0 radical (unpaired) electrons. The van der Waals surface area contributed by atoms with Crippen LogP contribution in [0.5, 0.6) is 0 Å². The number of ketones is 1. The molecule has 0 heterocycles. The van der Waals surface area contributed by atoms with Gasteiger partial charge in [0.1, 0.15) is 5.78 Å². The third kappa shape index (κ3) is 2.31. The molecule has 0 saturated carbocycles. The summed E-state index contributed by atoms with van der Waals surface area (Å²) in [4.78, 5) is 10.9. The number of aryl methyl sites for hydroxylation is 1. The van der Waals surface area contributed by atoms with Crippen molar-refractivity contribution in [2.75, 3.05) is 0 Å². The molecule has 70 valence electrons. The first-order chi connectivity index (χ1) is 6.02. The lowest BCUT2D eigenvalue weighted by molar-refractivity contribution is -0.116. The summed E-state index contributed by atoms with van der Waals surface area (Å²) in [6.07, 6.45) is 0.478. The van der Waals surface area contributed by atoms with Crippen LogP contribution in [0.15, 0.2) is 12.1 Å². The van der Waals surface area contributed by atoms with E-state index in [9.17, 15) is 4.79 Å². The minimum atomic E-state index is 0.169. The molecule has 1 aromatic carbocycles. The Balaban J connectivity index is 3.10. The van der Waals surface area contributed by atoms with Gasteiger partial charge in [-0.3, -0.25) is 4.79 Å². The van der Waals surface area contributed by atoms with Crippen LogP contribution >= 0.6 is 11.6 Å². The van der Waals surface area contributed by atoms with Crippen LogP contribution in [0, 0.1) is 13.8 Å². The van der Waals surface area contributed by atoms with Crippen molar-refractivity contribution in [3.05, 3.63) is 33.8 Å². The van der Waals surface area contributed by atoms with Gasteiger partial charge in [0.15, 0.2) is 0 Å². The third-order valence-corrected chi connectivity index (χ3v) is 2.71. The quantitative estimate of drug-likeness (QED) is 0.711. The first-order valence-corrected chi connectivity index (χ1v) is 4.64. The number of carbonyl (C=O) groups excluding carboxylic acids is 1. The minimum Gasteiger partial charge on any atom is -0.300 e. The second kappa shape index (κ2) is 3.93. The van der Waals surface area contributed by atoms with E-state index in [1.807, 2.05) is 26.0 Å². The lowest BCUT2D eigenvalue weighted by Gasteiger charge is -2.07. The SMILES string of the molecule is CC(=O)Cc1ccc(C)c(Cl)c1C. The van der Waals surface area contributed by atoms with Gasteiger partial charge in [-0.15, -0.1) is 0 Å². The molecule has 0 fully saturated rings. The number of hydrogen-bond acceptors (Lipinski definition) is 1. The van der Waals surface area contributed by atoms with Crippen molar-refractivity contribution in [1.29, 1.82) is 0 Å². The maximum Gasteiger partial charge on any atom is 0.134 e. The Hall–Kier alpha value is -0.820. The minimum absolute atomic E-state index is 0.169. The Kier molecular flexibility index (Phi) is 3.10. The van der Waals surface area contributed by atoms with Crippen molar-refractivity contribution < 1.29 is 4.79 Å². The molecule has 0 N–H and O–H groups in total. The zero-order valence-electron chi connectivity index (χ0n) is 8.15. The summed E-state index contributed by atoms with van der Waals surface area (Å²) >= 11 is 6.05. The van der Waals surface area contributed by atoms with E-state index < -0.39 is 0 Å². The molecule has 1 rings (SSSR count). The molecule has 0 bridgehead atoms. The molecule has 0 amide bonds. The van der Waals surface area contributed by atoms with Gasteiger partial charge in [0.25, 0.3) is 0 Å². The molecule has 0 saturated heterocycles. The Morgan fingerprint density at radius 2 is 2.00 bits per heavy atom. The molecule has 0 aliphatic carbocycles. The van der Waals surface area contributed by atoms with E-state index in [0.717, 1.165) is 21.7 Å².